The molecule has 0 aliphatic heterocycles. The van der Waals surface area contributed by atoms with Crippen LogP contribution in [0.3, 0.4) is 0 Å². The lowest BCUT2D eigenvalue weighted by molar-refractivity contribution is 1.62. The zero-order valence-corrected chi connectivity index (χ0v) is 37.1. The second kappa shape index (κ2) is 14.3. The highest BCUT2D eigenvalue weighted by Gasteiger charge is 2.21. The zero-order valence-electron chi connectivity index (χ0n) is 37.1. The zero-order chi connectivity index (χ0) is 44.5. The Morgan fingerprint density at radius 3 is 1.09 bits per heavy atom. The SMILES string of the molecule is c1cc(-c2c3ccccc3c(-c3cccc(-c4ccc5ccc6cccc7ccc4c5c67)c3)c3cc(-c4cccc5ccccc45)ccc23)cc(-c2ccc3ccc4cccc5ccc2c3c45)c1. The largest absolute Gasteiger partial charge is 0.0616 e. The third-order valence-electron chi connectivity index (χ3n) is 15.1. The third-order valence-corrected chi connectivity index (χ3v) is 15.1. The summed E-state index contributed by atoms with van der Waals surface area (Å²) >= 11 is 0. The van der Waals surface area contributed by atoms with E-state index in [1.54, 1.807) is 0 Å². The van der Waals surface area contributed by atoms with E-state index in [9.17, 15) is 0 Å². The van der Waals surface area contributed by atoms with Crippen molar-refractivity contribution in [3.05, 3.63) is 243 Å². The van der Waals surface area contributed by atoms with Gasteiger partial charge in [0.2, 0.25) is 0 Å². The molecule has 0 bridgehead atoms. The molecular formula is C68H40. The molecule has 0 N–H and O–H groups in total. The van der Waals surface area contributed by atoms with E-state index in [0.717, 1.165) is 0 Å². The van der Waals surface area contributed by atoms with E-state index in [1.807, 2.05) is 0 Å². The van der Waals surface area contributed by atoms with Crippen molar-refractivity contribution in [2.24, 2.45) is 0 Å². The Morgan fingerprint density at radius 1 is 0.162 bits per heavy atom. The van der Waals surface area contributed by atoms with Gasteiger partial charge in [-0.15, -0.1) is 0 Å². The Hall–Kier alpha value is -8.84. The van der Waals surface area contributed by atoms with Gasteiger partial charge in [-0.25, -0.2) is 0 Å². The first kappa shape index (κ1) is 37.4. The molecule has 0 radical (unpaired) electrons. The van der Waals surface area contributed by atoms with Gasteiger partial charge >= 0.3 is 0 Å². The van der Waals surface area contributed by atoms with Gasteiger partial charge in [0.1, 0.15) is 0 Å². The van der Waals surface area contributed by atoms with Crippen molar-refractivity contribution in [2.45, 2.75) is 0 Å². The minimum Gasteiger partial charge on any atom is -0.0616 e. The third kappa shape index (κ3) is 5.43. The second-order valence-corrected chi connectivity index (χ2v) is 18.7. The maximum absolute atomic E-state index is 2.47. The summed E-state index contributed by atoms with van der Waals surface area (Å²) in [6.45, 7) is 0. The number of hydrogen-bond donors (Lipinski definition) is 0. The van der Waals surface area contributed by atoms with E-state index >= 15 is 0 Å². The minimum atomic E-state index is 1.21. The molecule has 0 aliphatic rings. The molecule has 0 fully saturated rings. The van der Waals surface area contributed by atoms with Crippen LogP contribution in [-0.2, 0) is 0 Å². The maximum atomic E-state index is 2.47. The van der Waals surface area contributed by atoms with Crippen LogP contribution in [0.5, 0.6) is 0 Å². The monoisotopic (exact) mass is 856 g/mol. The number of fused-ring (bicyclic) bond motifs is 3. The molecule has 312 valence electrons. The van der Waals surface area contributed by atoms with E-state index in [0.29, 0.717) is 0 Å². The van der Waals surface area contributed by atoms with Crippen molar-refractivity contribution in [3.8, 4) is 55.6 Å². The van der Waals surface area contributed by atoms with E-state index in [2.05, 4.69) is 243 Å². The van der Waals surface area contributed by atoms with Crippen LogP contribution in [0.25, 0.3) is 153 Å². The fraction of sp³-hybridized carbons (Fsp3) is 0. The highest BCUT2D eigenvalue weighted by molar-refractivity contribution is 6.28. The Morgan fingerprint density at radius 2 is 0.515 bits per heavy atom. The fourth-order valence-corrected chi connectivity index (χ4v) is 12.1. The molecule has 0 spiro atoms. The molecular weight excluding hydrogens is 817 g/mol. The Labute approximate surface area is 393 Å². The van der Waals surface area contributed by atoms with E-state index < -0.39 is 0 Å². The standard InChI is InChI=1S/C68H40/c1-2-20-53-41(10-1)11-9-23-54(53)50-32-37-61-62(40-50)66(52-19-8-17-49(39-52)56-34-29-47-27-25-43-13-6-15-45-31-36-60(56)68(47)64(43)45)58-22-4-3-21-57(58)65(61)51-18-7-16-48(38-51)55-33-28-46-26-24-42-12-5-14-44-30-35-59(55)67(46)63(42)44/h1-40H. The lowest BCUT2D eigenvalue weighted by Crippen LogP contribution is -1.93. The van der Waals surface area contributed by atoms with Crippen LogP contribution in [0.1, 0.15) is 0 Å². The minimum absolute atomic E-state index is 1.21. The molecule has 0 heteroatoms. The molecule has 68 heavy (non-hydrogen) atoms. The van der Waals surface area contributed by atoms with Crippen molar-refractivity contribution in [1.29, 1.82) is 0 Å². The summed E-state index contributed by atoms with van der Waals surface area (Å²) in [5.74, 6) is 0. The van der Waals surface area contributed by atoms with Gasteiger partial charge in [-0.05, 0) is 171 Å². The summed E-state index contributed by atoms with van der Waals surface area (Å²) in [7, 11) is 0. The molecule has 0 atom stereocenters. The van der Waals surface area contributed by atoms with Gasteiger partial charge in [-0.2, -0.15) is 0 Å². The lowest BCUT2D eigenvalue weighted by atomic mass is 9.83. The van der Waals surface area contributed by atoms with Crippen molar-refractivity contribution < 1.29 is 0 Å². The molecule has 0 heterocycles. The molecule has 0 amide bonds. The van der Waals surface area contributed by atoms with Gasteiger partial charge in [0.25, 0.3) is 0 Å². The molecule has 0 unspecified atom stereocenters. The number of benzene rings is 15. The summed E-state index contributed by atoms with van der Waals surface area (Å²) < 4.78 is 0. The van der Waals surface area contributed by atoms with Gasteiger partial charge in [-0.1, -0.05) is 224 Å². The van der Waals surface area contributed by atoms with Crippen LogP contribution in [0.2, 0.25) is 0 Å². The average Bonchev–Trinajstić information content (AvgIpc) is 3.40. The van der Waals surface area contributed by atoms with Gasteiger partial charge in [0.05, 0.1) is 0 Å². The molecule has 0 saturated carbocycles. The summed E-state index contributed by atoms with van der Waals surface area (Å²) in [5.41, 5.74) is 12.3. The molecule has 0 aliphatic carbocycles. The lowest BCUT2D eigenvalue weighted by Gasteiger charge is -2.20. The van der Waals surface area contributed by atoms with Crippen molar-refractivity contribution in [1.82, 2.24) is 0 Å². The van der Waals surface area contributed by atoms with Crippen LogP contribution in [0.15, 0.2) is 243 Å². The first-order valence-corrected chi connectivity index (χ1v) is 23.7. The average molecular weight is 857 g/mol. The Kier molecular flexibility index (Phi) is 7.88. The van der Waals surface area contributed by atoms with E-state index in [1.165, 1.54) is 153 Å². The molecule has 0 aromatic heterocycles. The first-order chi connectivity index (χ1) is 33.7. The second-order valence-electron chi connectivity index (χ2n) is 18.7. The van der Waals surface area contributed by atoms with Crippen molar-refractivity contribution >= 4 is 97.0 Å². The summed E-state index contributed by atoms with van der Waals surface area (Å²) in [4.78, 5) is 0. The normalized spacial score (nSPS) is 12.1. The molecule has 15 rings (SSSR count). The number of rotatable bonds is 5. The predicted molar refractivity (Wildman–Crippen MR) is 294 cm³/mol. The van der Waals surface area contributed by atoms with Crippen LogP contribution in [0.4, 0.5) is 0 Å². The molecule has 0 saturated heterocycles. The smallest absolute Gasteiger partial charge is 0.00206 e. The van der Waals surface area contributed by atoms with Crippen LogP contribution in [-0.4, -0.2) is 0 Å². The van der Waals surface area contributed by atoms with Crippen molar-refractivity contribution in [3.63, 3.8) is 0 Å². The van der Waals surface area contributed by atoms with Gasteiger partial charge in [0.15, 0.2) is 0 Å². The predicted octanol–water partition coefficient (Wildman–Crippen LogP) is 19.3. The summed E-state index contributed by atoms with van der Waals surface area (Å²) in [6, 6.07) is 91.2. The van der Waals surface area contributed by atoms with E-state index in [4.69, 9.17) is 0 Å². The van der Waals surface area contributed by atoms with Gasteiger partial charge in [0, 0.05) is 0 Å². The highest BCUT2D eigenvalue weighted by Crippen LogP contribution is 2.48. The van der Waals surface area contributed by atoms with Gasteiger partial charge < -0.3 is 0 Å². The van der Waals surface area contributed by atoms with E-state index in [-0.39, 0.29) is 0 Å². The Balaban J connectivity index is 0.982. The fourth-order valence-electron chi connectivity index (χ4n) is 12.1. The molecule has 0 nitrogen and oxygen atoms in total. The molecule has 15 aromatic rings. The first-order valence-electron chi connectivity index (χ1n) is 23.7. The van der Waals surface area contributed by atoms with Gasteiger partial charge in [-0.3, -0.25) is 0 Å². The maximum Gasteiger partial charge on any atom is -0.00206 e. The topological polar surface area (TPSA) is 0 Å². The number of hydrogen-bond acceptors (Lipinski definition) is 0. The van der Waals surface area contributed by atoms with Crippen LogP contribution < -0.4 is 0 Å². The summed E-state index contributed by atoms with van der Waals surface area (Å²) in [5, 5.41) is 23.1. The summed E-state index contributed by atoms with van der Waals surface area (Å²) in [6.07, 6.45) is 0. The quantitative estimate of drug-likeness (QED) is 0.119. The van der Waals surface area contributed by atoms with Crippen molar-refractivity contribution in [2.75, 3.05) is 0 Å². The molecule has 15 aromatic carbocycles. The highest BCUT2D eigenvalue weighted by atomic mass is 14.2. The van der Waals surface area contributed by atoms with Crippen LogP contribution in [0, 0.1) is 0 Å². The van der Waals surface area contributed by atoms with Crippen LogP contribution >= 0.6 is 0 Å². The Bertz CT molecular complexity index is 4510.